The SMILES string of the molecule is N[C@H](C(=O)Nc1cccc(F)c1CCC1CNC2CCCS(=O)(=O)N1C2)[C@H](CCC1CCOCC1)c1ccc(Cl)c(F)c1. The van der Waals surface area contributed by atoms with Crippen LogP contribution in [0.25, 0.3) is 0 Å². The average molecular weight is 639 g/mol. The first-order valence-corrected chi connectivity index (χ1v) is 17.2. The lowest BCUT2D eigenvalue weighted by Crippen LogP contribution is -2.57. The summed E-state index contributed by atoms with van der Waals surface area (Å²) in [6.45, 7) is 2.31. The Labute approximate surface area is 257 Å². The van der Waals surface area contributed by atoms with Gasteiger partial charge in [-0.15, -0.1) is 0 Å². The van der Waals surface area contributed by atoms with E-state index in [1.807, 2.05) is 0 Å². The van der Waals surface area contributed by atoms with Crippen molar-refractivity contribution >= 4 is 33.2 Å². The van der Waals surface area contributed by atoms with Crippen LogP contribution in [0, 0.1) is 17.6 Å². The zero-order valence-electron chi connectivity index (χ0n) is 24.2. The third kappa shape index (κ3) is 7.93. The van der Waals surface area contributed by atoms with Crippen LogP contribution in [-0.4, -0.2) is 68.8 Å². The number of nitrogens with zero attached hydrogens (tertiary/aromatic N) is 1. The topological polar surface area (TPSA) is 114 Å². The predicted octanol–water partition coefficient (Wildman–Crippen LogP) is 4.57. The third-order valence-corrected chi connectivity index (χ3v) is 11.5. The van der Waals surface area contributed by atoms with E-state index in [0.717, 1.165) is 25.7 Å². The molecule has 4 N–H and O–H groups in total. The second kappa shape index (κ2) is 14.3. The van der Waals surface area contributed by atoms with E-state index in [1.165, 1.54) is 24.3 Å². The lowest BCUT2D eigenvalue weighted by Gasteiger charge is -2.37. The molecule has 2 aromatic rings. The summed E-state index contributed by atoms with van der Waals surface area (Å²) in [5, 5.41) is 6.26. The van der Waals surface area contributed by atoms with E-state index in [0.29, 0.717) is 68.3 Å². The maximum Gasteiger partial charge on any atom is 0.241 e. The second-order valence-electron chi connectivity index (χ2n) is 12.0. The molecule has 3 aliphatic heterocycles. The van der Waals surface area contributed by atoms with Crippen molar-refractivity contribution in [2.75, 3.05) is 37.4 Å². The van der Waals surface area contributed by atoms with Crippen LogP contribution in [0.4, 0.5) is 14.5 Å². The molecule has 0 spiro atoms. The minimum absolute atomic E-state index is 0.00832. The number of piperazine rings is 1. The van der Waals surface area contributed by atoms with Crippen LogP contribution in [0.2, 0.25) is 5.02 Å². The van der Waals surface area contributed by atoms with Crippen LogP contribution in [0.1, 0.15) is 62.0 Å². The van der Waals surface area contributed by atoms with E-state index < -0.39 is 39.5 Å². The molecule has 5 rings (SSSR count). The van der Waals surface area contributed by atoms with Crippen molar-refractivity contribution in [2.24, 2.45) is 11.7 Å². The smallest absolute Gasteiger partial charge is 0.241 e. The monoisotopic (exact) mass is 638 g/mol. The maximum absolute atomic E-state index is 15.2. The Hall–Kier alpha value is -2.15. The van der Waals surface area contributed by atoms with E-state index in [2.05, 4.69) is 10.6 Å². The molecule has 3 unspecified atom stereocenters. The first-order chi connectivity index (χ1) is 20.6. The molecule has 0 aliphatic carbocycles. The molecule has 0 aromatic heterocycles. The van der Waals surface area contributed by atoms with Gasteiger partial charge in [-0.05, 0) is 87.1 Å². The van der Waals surface area contributed by atoms with Crippen molar-refractivity contribution in [1.82, 2.24) is 9.62 Å². The van der Waals surface area contributed by atoms with Crippen LogP contribution in [-0.2, 0) is 26.0 Å². The van der Waals surface area contributed by atoms with Gasteiger partial charge in [-0.25, -0.2) is 17.2 Å². The van der Waals surface area contributed by atoms with Crippen LogP contribution >= 0.6 is 11.6 Å². The van der Waals surface area contributed by atoms with E-state index in [4.69, 9.17) is 22.1 Å². The molecule has 3 aliphatic rings. The molecular weight excluding hydrogens is 598 g/mol. The van der Waals surface area contributed by atoms with Gasteiger partial charge >= 0.3 is 0 Å². The molecule has 8 nitrogen and oxygen atoms in total. The minimum Gasteiger partial charge on any atom is -0.381 e. The van der Waals surface area contributed by atoms with Gasteiger partial charge in [0.25, 0.3) is 0 Å². The van der Waals surface area contributed by atoms with Crippen LogP contribution in [0.15, 0.2) is 36.4 Å². The van der Waals surface area contributed by atoms with Crippen molar-refractivity contribution < 1.29 is 26.7 Å². The lowest BCUT2D eigenvalue weighted by atomic mass is 9.83. The average Bonchev–Trinajstić information content (AvgIpc) is 3.10. The Morgan fingerprint density at radius 3 is 2.70 bits per heavy atom. The lowest BCUT2D eigenvalue weighted by molar-refractivity contribution is -0.118. The first kappa shape index (κ1) is 32.2. The van der Waals surface area contributed by atoms with Gasteiger partial charge < -0.3 is 21.1 Å². The Bertz CT molecular complexity index is 1390. The Kier molecular flexibility index (Phi) is 10.7. The van der Waals surface area contributed by atoms with Crippen molar-refractivity contribution in [3.05, 3.63) is 64.2 Å². The summed E-state index contributed by atoms with van der Waals surface area (Å²) < 4.78 is 62.4. The van der Waals surface area contributed by atoms with Gasteiger partial charge in [0.2, 0.25) is 15.9 Å². The van der Waals surface area contributed by atoms with Gasteiger partial charge in [-0.2, -0.15) is 4.31 Å². The number of anilines is 1. The summed E-state index contributed by atoms with van der Waals surface area (Å²) >= 11 is 5.93. The Balaban J connectivity index is 1.30. The number of halogens is 3. The normalized spacial score (nSPS) is 25.4. The number of carbonyl (C=O) groups is 1. The van der Waals surface area contributed by atoms with Gasteiger partial charge in [-0.1, -0.05) is 23.7 Å². The molecule has 236 valence electrons. The van der Waals surface area contributed by atoms with Gasteiger partial charge in [0.05, 0.1) is 16.8 Å². The zero-order chi connectivity index (χ0) is 30.6. The van der Waals surface area contributed by atoms with Gasteiger partial charge in [0.1, 0.15) is 11.6 Å². The fourth-order valence-electron chi connectivity index (χ4n) is 6.63. The quantitative estimate of drug-likeness (QED) is 0.351. The summed E-state index contributed by atoms with van der Waals surface area (Å²) in [7, 11) is -3.38. The summed E-state index contributed by atoms with van der Waals surface area (Å²) in [6, 6.07) is 7.76. The number of rotatable bonds is 10. The second-order valence-corrected chi connectivity index (χ2v) is 14.5. The highest BCUT2D eigenvalue weighted by molar-refractivity contribution is 7.89. The van der Waals surface area contributed by atoms with Crippen molar-refractivity contribution in [1.29, 1.82) is 0 Å². The first-order valence-electron chi connectivity index (χ1n) is 15.2. The third-order valence-electron chi connectivity index (χ3n) is 9.20. The molecule has 5 atom stereocenters. The fraction of sp³-hybridized carbons (Fsp3) is 0.581. The van der Waals surface area contributed by atoms with Crippen molar-refractivity contribution in [3.8, 4) is 0 Å². The summed E-state index contributed by atoms with van der Waals surface area (Å²) in [6.07, 6.45) is 5.27. The van der Waals surface area contributed by atoms with Crippen molar-refractivity contribution in [3.63, 3.8) is 0 Å². The van der Waals surface area contributed by atoms with Crippen LogP contribution < -0.4 is 16.4 Å². The largest absolute Gasteiger partial charge is 0.381 e. The van der Waals surface area contributed by atoms with E-state index in [1.54, 1.807) is 16.4 Å². The molecule has 3 fully saturated rings. The van der Waals surface area contributed by atoms with Gasteiger partial charge in [-0.3, -0.25) is 4.79 Å². The molecule has 43 heavy (non-hydrogen) atoms. The number of carbonyl (C=O) groups excluding carboxylic acids is 1. The number of amides is 1. The molecule has 2 aromatic carbocycles. The number of sulfonamides is 1. The number of fused-ring (bicyclic) bond motifs is 2. The van der Waals surface area contributed by atoms with E-state index >= 15 is 4.39 Å². The van der Waals surface area contributed by atoms with Crippen LogP contribution in [0.3, 0.4) is 0 Å². The number of hydrogen-bond acceptors (Lipinski definition) is 6. The van der Waals surface area contributed by atoms with Gasteiger partial charge in [0, 0.05) is 55.6 Å². The molecule has 2 bridgehead atoms. The number of nitrogens with two attached hydrogens (primary N) is 1. The van der Waals surface area contributed by atoms with Crippen LogP contribution in [0.5, 0.6) is 0 Å². The Morgan fingerprint density at radius 2 is 1.93 bits per heavy atom. The fourth-order valence-corrected chi connectivity index (χ4v) is 8.56. The Morgan fingerprint density at radius 1 is 1.14 bits per heavy atom. The van der Waals surface area contributed by atoms with E-state index in [-0.39, 0.29) is 29.3 Å². The molecule has 12 heteroatoms. The molecule has 3 heterocycles. The molecule has 3 saturated heterocycles. The summed E-state index contributed by atoms with van der Waals surface area (Å²) in [5.41, 5.74) is 7.74. The molecule has 0 radical (unpaired) electrons. The number of benzene rings is 2. The number of ether oxygens (including phenoxy) is 1. The van der Waals surface area contributed by atoms with Gasteiger partial charge in [0.15, 0.2) is 0 Å². The maximum atomic E-state index is 15.2. The molecule has 0 saturated carbocycles. The number of nitrogens with one attached hydrogen (secondary N) is 2. The minimum atomic E-state index is -3.38. The summed E-state index contributed by atoms with van der Waals surface area (Å²) in [5.74, 6) is -1.50. The highest BCUT2D eigenvalue weighted by atomic mass is 35.5. The molecular formula is C31H41ClF2N4O4S. The summed E-state index contributed by atoms with van der Waals surface area (Å²) in [4.78, 5) is 13.6. The number of hydrogen-bond donors (Lipinski definition) is 3. The highest BCUT2D eigenvalue weighted by Crippen LogP contribution is 2.32. The van der Waals surface area contributed by atoms with E-state index in [9.17, 15) is 17.6 Å². The molecule has 1 amide bonds. The standard InChI is InChI=1S/C31H41ClF2N4O4S/c32-26-11-7-21(17-28(26)34)24(9-6-20-12-14-42-15-13-20)30(35)31(39)37-29-5-1-4-27(33)25(29)10-8-23-18-36-22-3-2-16-43(40,41)38(23)19-22/h1,4-5,7,11,17,20,22-24,30,36H,2-3,6,8-10,12-16,18-19,35H2,(H,37,39)/t22?,23?,24-,30+/m1/s1. The zero-order valence-corrected chi connectivity index (χ0v) is 25.8. The predicted molar refractivity (Wildman–Crippen MR) is 164 cm³/mol. The van der Waals surface area contributed by atoms with Crippen molar-refractivity contribution in [2.45, 2.75) is 75.4 Å². The highest BCUT2D eigenvalue weighted by Gasteiger charge is 2.38.